The lowest BCUT2D eigenvalue weighted by atomic mass is 9.88. The van der Waals surface area contributed by atoms with Gasteiger partial charge in [-0.3, -0.25) is 4.79 Å². The molecule has 17 heavy (non-hydrogen) atoms. The zero-order valence-electron chi connectivity index (χ0n) is 11.7. The third-order valence-electron chi connectivity index (χ3n) is 3.21. The van der Waals surface area contributed by atoms with Crippen molar-refractivity contribution in [3.63, 3.8) is 0 Å². The molecule has 102 valence electrons. The highest BCUT2D eigenvalue weighted by molar-refractivity contribution is 5.75. The molecule has 1 amide bonds. The van der Waals surface area contributed by atoms with E-state index in [1.165, 1.54) is 0 Å². The van der Waals surface area contributed by atoms with Gasteiger partial charge in [0.2, 0.25) is 5.91 Å². The fourth-order valence-corrected chi connectivity index (χ4v) is 1.77. The molecular formula is C13H28N2O2. The maximum atomic E-state index is 11.6. The molecule has 0 heterocycles. The van der Waals surface area contributed by atoms with Crippen molar-refractivity contribution in [3.05, 3.63) is 0 Å². The van der Waals surface area contributed by atoms with Crippen LogP contribution in [0.25, 0.3) is 0 Å². The first-order valence-electron chi connectivity index (χ1n) is 6.50. The molecule has 0 saturated heterocycles. The normalized spacial score (nSPS) is 14.7. The van der Waals surface area contributed by atoms with Crippen molar-refractivity contribution in [3.8, 4) is 0 Å². The Labute approximate surface area is 105 Å². The van der Waals surface area contributed by atoms with Crippen molar-refractivity contribution in [2.75, 3.05) is 20.2 Å². The minimum atomic E-state index is 0.0730. The fourth-order valence-electron chi connectivity index (χ4n) is 1.77. The average molecular weight is 244 g/mol. The van der Waals surface area contributed by atoms with Gasteiger partial charge in [0.05, 0.1) is 6.10 Å². The average Bonchev–Trinajstić information content (AvgIpc) is 2.30. The van der Waals surface area contributed by atoms with Gasteiger partial charge in [-0.25, -0.2) is 0 Å². The molecule has 2 atom stereocenters. The molecule has 0 aliphatic rings. The summed E-state index contributed by atoms with van der Waals surface area (Å²) in [5, 5.41) is 2.87. The van der Waals surface area contributed by atoms with Crippen LogP contribution in [-0.4, -0.2) is 32.2 Å². The molecular weight excluding hydrogens is 216 g/mol. The van der Waals surface area contributed by atoms with Crippen molar-refractivity contribution in [1.82, 2.24) is 5.32 Å². The molecule has 0 fully saturated rings. The summed E-state index contributed by atoms with van der Waals surface area (Å²) in [4.78, 5) is 11.6. The molecule has 4 nitrogen and oxygen atoms in total. The van der Waals surface area contributed by atoms with Gasteiger partial charge in [-0.15, -0.1) is 0 Å². The summed E-state index contributed by atoms with van der Waals surface area (Å²) in [6, 6.07) is 0. The molecule has 3 N–H and O–H groups in total. The molecule has 0 spiro atoms. The minimum Gasteiger partial charge on any atom is -0.380 e. The molecule has 0 aromatic carbocycles. The van der Waals surface area contributed by atoms with Crippen LogP contribution >= 0.6 is 0 Å². The third kappa shape index (κ3) is 8.16. The van der Waals surface area contributed by atoms with Gasteiger partial charge in [-0.2, -0.15) is 0 Å². The van der Waals surface area contributed by atoms with Crippen molar-refractivity contribution in [1.29, 1.82) is 0 Å². The van der Waals surface area contributed by atoms with E-state index in [2.05, 4.69) is 19.2 Å². The molecule has 0 saturated carbocycles. The van der Waals surface area contributed by atoms with Gasteiger partial charge >= 0.3 is 0 Å². The van der Waals surface area contributed by atoms with Crippen molar-refractivity contribution >= 4 is 5.91 Å². The number of carbonyl (C=O) groups is 1. The summed E-state index contributed by atoms with van der Waals surface area (Å²) in [5.41, 5.74) is 5.57. The van der Waals surface area contributed by atoms with Gasteiger partial charge in [0, 0.05) is 20.1 Å². The van der Waals surface area contributed by atoms with E-state index in [0.717, 1.165) is 12.8 Å². The molecule has 0 radical (unpaired) electrons. The SMILES string of the molecule is COC(C)CNC(=O)CCC(CCN)C(C)C. The number of methoxy groups -OCH3 is 1. The number of rotatable bonds is 9. The number of amides is 1. The first-order valence-corrected chi connectivity index (χ1v) is 6.50. The van der Waals surface area contributed by atoms with Crippen LogP contribution < -0.4 is 11.1 Å². The van der Waals surface area contributed by atoms with E-state index >= 15 is 0 Å². The maximum absolute atomic E-state index is 11.6. The lowest BCUT2D eigenvalue weighted by molar-refractivity contribution is -0.122. The molecule has 4 heteroatoms. The highest BCUT2D eigenvalue weighted by atomic mass is 16.5. The van der Waals surface area contributed by atoms with Gasteiger partial charge in [-0.1, -0.05) is 13.8 Å². The Morgan fingerprint density at radius 2 is 1.94 bits per heavy atom. The number of nitrogens with two attached hydrogens (primary N) is 1. The van der Waals surface area contributed by atoms with Crippen LogP contribution in [0.1, 0.15) is 40.0 Å². The summed E-state index contributed by atoms with van der Waals surface area (Å²) in [6.07, 6.45) is 2.57. The molecule has 0 rings (SSSR count). The van der Waals surface area contributed by atoms with E-state index in [1.807, 2.05) is 6.92 Å². The number of hydrogen-bond donors (Lipinski definition) is 2. The Bertz CT molecular complexity index is 208. The lowest BCUT2D eigenvalue weighted by Gasteiger charge is -2.20. The number of carbonyl (C=O) groups excluding carboxylic acids is 1. The van der Waals surface area contributed by atoms with Crippen LogP contribution in [0.15, 0.2) is 0 Å². The van der Waals surface area contributed by atoms with E-state index in [1.54, 1.807) is 7.11 Å². The van der Waals surface area contributed by atoms with Crippen LogP contribution in [-0.2, 0) is 9.53 Å². The second-order valence-corrected chi connectivity index (χ2v) is 4.97. The van der Waals surface area contributed by atoms with E-state index in [0.29, 0.717) is 31.3 Å². The second-order valence-electron chi connectivity index (χ2n) is 4.97. The minimum absolute atomic E-state index is 0.0730. The Balaban J connectivity index is 3.80. The van der Waals surface area contributed by atoms with Crippen LogP contribution in [0.4, 0.5) is 0 Å². The van der Waals surface area contributed by atoms with E-state index in [-0.39, 0.29) is 12.0 Å². The molecule has 0 aromatic heterocycles. The van der Waals surface area contributed by atoms with Crippen LogP contribution in [0.3, 0.4) is 0 Å². The Morgan fingerprint density at radius 1 is 1.29 bits per heavy atom. The van der Waals surface area contributed by atoms with Gasteiger partial charge in [0.15, 0.2) is 0 Å². The summed E-state index contributed by atoms with van der Waals surface area (Å²) < 4.78 is 5.07. The largest absolute Gasteiger partial charge is 0.380 e. The summed E-state index contributed by atoms with van der Waals surface area (Å²) in [5.74, 6) is 1.24. The predicted octanol–water partition coefficient (Wildman–Crippen LogP) is 1.54. The Hall–Kier alpha value is -0.610. The van der Waals surface area contributed by atoms with Gasteiger partial charge in [0.25, 0.3) is 0 Å². The number of nitrogens with one attached hydrogen (secondary N) is 1. The molecule has 0 bridgehead atoms. The van der Waals surface area contributed by atoms with Gasteiger partial charge in [-0.05, 0) is 38.1 Å². The first kappa shape index (κ1) is 16.4. The third-order valence-corrected chi connectivity index (χ3v) is 3.21. The highest BCUT2D eigenvalue weighted by Crippen LogP contribution is 2.20. The number of hydrogen-bond acceptors (Lipinski definition) is 3. The lowest BCUT2D eigenvalue weighted by Crippen LogP contribution is -2.32. The smallest absolute Gasteiger partial charge is 0.220 e. The summed E-state index contributed by atoms with van der Waals surface area (Å²) in [7, 11) is 1.65. The van der Waals surface area contributed by atoms with Crippen LogP contribution in [0.5, 0.6) is 0 Å². The topological polar surface area (TPSA) is 64.3 Å². The fraction of sp³-hybridized carbons (Fsp3) is 0.923. The first-order chi connectivity index (χ1) is 8.01. The zero-order chi connectivity index (χ0) is 13.3. The maximum Gasteiger partial charge on any atom is 0.220 e. The Morgan fingerprint density at radius 3 is 2.41 bits per heavy atom. The van der Waals surface area contributed by atoms with Crippen molar-refractivity contribution < 1.29 is 9.53 Å². The predicted molar refractivity (Wildman–Crippen MR) is 70.7 cm³/mol. The zero-order valence-corrected chi connectivity index (χ0v) is 11.7. The monoisotopic (exact) mass is 244 g/mol. The van der Waals surface area contributed by atoms with E-state index in [9.17, 15) is 4.79 Å². The van der Waals surface area contributed by atoms with E-state index < -0.39 is 0 Å². The van der Waals surface area contributed by atoms with Gasteiger partial charge < -0.3 is 15.8 Å². The van der Waals surface area contributed by atoms with Gasteiger partial charge in [0.1, 0.15) is 0 Å². The summed E-state index contributed by atoms with van der Waals surface area (Å²) >= 11 is 0. The van der Waals surface area contributed by atoms with Crippen molar-refractivity contribution in [2.45, 2.75) is 46.1 Å². The number of ether oxygens (including phenoxy) is 1. The molecule has 2 unspecified atom stereocenters. The summed E-state index contributed by atoms with van der Waals surface area (Å²) in [6.45, 7) is 7.59. The quantitative estimate of drug-likeness (QED) is 0.646. The molecule has 0 aromatic rings. The van der Waals surface area contributed by atoms with E-state index in [4.69, 9.17) is 10.5 Å². The molecule has 0 aliphatic carbocycles. The van der Waals surface area contributed by atoms with Crippen molar-refractivity contribution in [2.24, 2.45) is 17.6 Å². The molecule has 0 aliphatic heterocycles. The second kappa shape index (κ2) is 9.42. The Kier molecular flexibility index (Phi) is 9.09. The van der Waals surface area contributed by atoms with Crippen LogP contribution in [0, 0.1) is 11.8 Å². The standard InChI is InChI=1S/C13H28N2O2/c1-10(2)12(7-8-14)5-6-13(16)15-9-11(3)17-4/h10-12H,5-9,14H2,1-4H3,(H,15,16). The highest BCUT2D eigenvalue weighted by Gasteiger charge is 2.14. The van der Waals surface area contributed by atoms with Crippen LogP contribution in [0.2, 0.25) is 0 Å².